The lowest BCUT2D eigenvalue weighted by molar-refractivity contribution is 0.660. The highest BCUT2D eigenvalue weighted by Gasteiger charge is 2.35. The van der Waals surface area contributed by atoms with Gasteiger partial charge >= 0.3 is 0 Å². The molecule has 2 heterocycles. The number of benzene rings is 8. The molecule has 8 aromatic carbocycles. The number of fused-ring (bicyclic) bond motifs is 6. The monoisotopic (exact) mass is 743 g/mol. The van der Waals surface area contributed by atoms with Crippen molar-refractivity contribution in [2.75, 3.05) is 0 Å². The van der Waals surface area contributed by atoms with Crippen molar-refractivity contribution in [2.45, 2.75) is 19.3 Å². The van der Waals surface area contributed by atoms with E-state index in [1.807, 2.05) is 60.7 Å². The molecule has 11 rings (SSSR count). The van der Waals surface area contributed by atoms with Crippen LogP contribution in [-0.2, 0) is 5.41 Å². The SMILES string of the molecule is CC1(C)c2ccccc2-c2ccc(-c3ccc4oc5c(-c6cccc(-c7nc(-c8ccccc8)nc(-c8ccccc8)n7)c6)cc(-c6ccccc6)cc5c4c3)cc21. The fraction of sp³-hybridized carbons (Fsp3) is 0.0556. The molecule has 10 aromatic rings. The van der Waals surface area contributed by atoms with E-state index in [0.29, 0.717) is 17.5 Å². The Bertz CT molecular complexity index is 3130. The summed E-state index contributed by atoms with van der Waals surface area (Å²) in [7, 11) is 0. The van der Waals surface area contributed by atoms with Gasteiger partial charge < -0.3 is 4.42 Å². The molecule has 274 valence electrons. The summed E-state index contributed by atoms with van der Waals surface area (Å²) in [6, 6.07) is 66.1. The zero-order valence-corrected chi connectivity index (χ0v) is 32.1. The van der Waals surface area contributed by atoms with Crippen LogP contribution in [0.3, 0.4) is 0 Å². The third-order valence-corrected chi connectivity index (χ3v) is 11.7. The van der Waals surface area contributed by atoms with Gasteiger partial charge in [0.1, 0.15) is 11.2 Å². The highest BCUT2D eigenvalue weighted by Crippen LogP contribution is 2.50. The first-order chi connectivity index (χ1) is 28.5. The van der Waals surface area contributed by atoms with Crippen LogP contribution >= 0.6 is 0 Å². The van der Waals surface area contributed by atoms with Crippen LogP contribution < -0.4 is 0 Å². The molecule has 0 aliphatic heterocycles. The first kappa shape index (κ1) is 33.9. The van der Waals surface area contributed by atoms with Gasteiger partial charge in [0.25, 0.3) is 0 Å². The molecule has 0 radical (unpaired) electrons. The lowest BCUT2D eigenvalue weighted by Gasteiger charge is -2.22. The second-order valence-corrected chi connectivity index (χ2v) is 15.6. The molecule has 0 unspecified atom stereocenters. The zero-order chi connectivity index (χ0) is 38.8. The van der Waals surface area contributed by atoms with Gasteiger partial charge in [0.2, 0.25) is 0 Å². The summed E-state index contributed by atoms with van der Waals surface area (Å²) in [4.78, 5) is 15.0. The molecule has 58 heavy (non-hydrogen) atoms. The minimum Gasteiger partial charge on any atom is -0.455 e. The minimum atomic E-state index is -0.0735. The van der Waals surface area contributed by atoms with Crippen LogP contribution in [-0.4, -0.2) is 15.0 Å². The maximum absolute atomic E-state index is 6.83. The van der Waals surface area contributed by atoms with Crippen molar-refractivity contribution in [3.63, 3.8) is 0 Å². The first-order valence-corrected chi connectivity index (χ1v) is 19.8. The first-order valence-electron chi connectivity index (χ1n) is 19.8. The van der Waals surface area contributed by atoms with Crippen LogP contribution in [0.1, 0.15) is 25.0 Å². The van der Waals surface area contributed by atoms with Crippen LogP contribution in [0.5, 0.6) is 0 Å². The Morgan fingerprint density at radius 2 is 0.879 bits per heavy atom. The number of hydrogen-bond acceptors (Lipinski definition) is 4. The maximum atomic E-state index is 6.83. The molecule has 0 amide bonds. The van der Waals surface area contributed by atoms with Crippen molar-refractivity contribution in [1.82, 2.24) is 15.0 Å². The van der Waals surface area contributed by atoms with Gasteiger partial charge in [0.15, 0.2) is 17.5 Å². The lowest BCUT2D eigenvalue weighted by Crippen LogP contribution is -2.14. The summed E-state index contributed by atoms with van der Waals surface area (Å²) in [5.41, 5.74) is 16.5. The Morgan fingerprint density at radius 1 is 0.345 bits per heavy atom. The Kier molecular flexibility index (Phi) is 7.80. The number of furan rings is 1. The van der Waals surface area contributed by atoms with E-state index in [4.69, 9.17) is 19.4 Å². The lowest BCUT2D eigenvalue weighted by atomic mass is 9.81. The molecule has 0 fully saturated rings. The van der Waals surface area contributed by atoms with Gasteiger partial charge in [-0.05, 0) is 86.5 Å². The van der Waals surface area contributed by atoms with E-state index < -0.39 is 0 Å². The van der Waals surface area contributed by atoms with Gasteiger partial charge in [-0.25, -0.2) is 15.0 Å². The number of aromatic nitrogens is 3. The third kappa shape index (κ3) is 5.64. The molecule has 0 saturated heterocycles. The molecule has 1 aliphatic rings. The number of nitrogens with zero attached hydrogens (tertiary/aromatic N) is 3. The van der Waals surface area contributed by atoms with Gasteiger partial charge in [0, 0.05) is 38.4 Å². The van der Waals surface area contributed by atoms with E-state index in [-0.39, 0.29) is 5.41 Å². The Hall–Kier alpha value is -7.43. The van der Waals surface area contributed by atoms with Crippen LogP contribution in [0, 0.1) is 0 Å². The van der Waals surface area contributed by atoms with Crippen molar-refractivity contribution < 1.29 is 4.42 Å². The van der Waals surface area contributed by atoms with Crippen molar-refractivity contribution in [3.8, 4) is 78.7 Å². The Morgan fingerprint density at radius 3 is 1.59 bits per heavy atom. The van der Waals surface area contributed by atoms with Crippen LogP contribution in [0.25, 0.3) is 101 Å². The highest BCUT2D eigenvalue weighted by molar-refractivity contribution is 6.12. The summed E-state index contributed by atoms with van der Waals surface area (Å²) in [6.07, 6.45) is 0. The van der Waals surface area contributed by atoms with Crippen molar-refractivity contribution in [3.05, 3.63) is 199 Å². The zero-order valence-electron chi connectivity index (χ0n) is 32.1. The quantitative estimate of drug-likeness (QED) is 0.170. The van der Waals surface area contributed by atoms with Crippen LogP contribution in [0.2, 0.25) is 0 Å². The largest absolute Gasteiger partial charge is 0.455 e. The molecule has 0 bridgehead atoms. The number of rotatable bonds is 6. The van der Waals surface area contributed by atoms with Gasteiger partial charge in [-0.3, -0.25) is 0 Å². The third-order valence-electron chi connectivity index (χ3n) is 11.7. The molecule has 0 saturated carbocycles. The normalized spacial score (nSPS) is 12.8. The van der Waals surface area contributed by atoms with E-state index in [2.05, 4.69) is 141 Å². The van der Waals surface area contributed by atoms with Gasteiger partial charge in [-0.1, -0.05) is 166 Å². The Labute approximate surface area is 337 Å². The van der Waals surface area contributed by atoms with Gasteiger partial charge in [-0.15, -0.1) is 0 Å². The average Bonchev–Trinajstić information content (AvgIpc) is 3.77. The fourth-order valence-electron chi connectivity index (χ4n) is 8.72. The summed E-state index contributed by atoms with van der Waals surface area (Å²) in [5.74, 6) is 1.88. The Balaban J connectivity index is 1.07. The summed E-state index contributed by atoms with van der Waals surface area (Å²) in [6.45, 7) is 4.67. The van der Waals surface area contributed by atoms with Crippen LogP contribution in [0.15, 0.2) is 192 Å². The summed E-state index contributed by atoms with van der Waals surface area (Å²) in [5, 5.41) is 2.16. The molecular formula is C54H37N3O. The molecule has 4 heteroatoms. The molecule has 1 aliphatic carbocycles. The van der Waals surface area contributed by atoms with Crippen molar-refractivity contribution in [2.24, 2.45) is 0 Å². The maximum Gasteiger partial charge on any atom is 0.164 e. The summed E-state index contributed by atoms with van der Waals surface area (Å²) < 4.78 is 6.83. The average molecular weight is 744 g/mol. The van der Waals surface area contributed by atoms with Gasteiger partial charge in [-0.2, -0.15) is 0 Å². The second kappa shape index (κ2) is 13.4. The predicted octanol–water partition coefficient (Wildman–Crippen LogP) is 14.1. The summed E-state index contributed by atoms with van der Waals surface area (Å²) >= 11 is 0. The van der Waals surface area contributed by atoms with E-state index in [1.54, 1.807) is 0 Å². The topological polar surface area (TPSA) is 51.8 Å². The standard InChI is InChI=1S/C54H37N3O/c1-54(2)47-24-13-12-23-42(47)43-27-25-38(33-48(43)54)37-26-28-49-45(30-37)46-32-41(34-15-6-3-7-16-34)31-44(50(46)58-49)39-21-14-22-40(29-39)53-56-51(35-17-8-4-9-18-35)55-52(57-53)36-19-10-5-11-20-36/h3-33H,1-2H3. The fourth-order valence-corrected chi connectivity index (χ4v) is 8.72. The smallest absolute Gasteiger partial charge is 0.164 e. The van der Waals surface area contributed by atoms with E-state index >= 15 is 0 Å². The van der Waals surface area contributed by atoms with E-state index in [0.717, 1.165) is 66.4 Å². The molecule has 4 nitrogen and oxygen atoms in total. The molecule has 2 aromatic heterocycles. The highest BCUT2D eigenvalue weighted by atomic mass is 16.3. The van der Waals surface area contributed by atoms with Crippen molar-refractivity contribution in [1.29, 1.82) is 0 Å². The minimum absolute atomic E-state index is 0.0735. The second-order valence-electron chi connectivity index (χ2n) is 15.6. The number of hydrogen-bond donors (Lipinski definition) is 0. The molecular weight excluding hydrogens is 707 g/mol. The van der Waals surface area contributed by atoms with Crippen LogP contribution in [0.4, 0.5) is 0 Å². The molecule has 0 N–H and O–H groups in total. The molecule has 0 spiro atoms. The predicted molar refractivity (Wildman–Crippen MR) is 237 cm³/mol. The molecule has 0 atom stereocenters. The van der Waals surface area contributed by atoms with E-state index in [9.17, 15) is 0 Å². The van der Waals surface area contributed by atoms with Crippen molar-refractivity contribution >= 4 is 21.9 Å². The van der Waals surface area contributed by atoms with E-state index in [1.165, 1.54) is 27.8 Å². The van der Waals surface area contributed by atoms with Gasteiger partial charge in [0.05, 0.1) is 0 Å².